The molecule has 4 rings (SSSR count). The van der Waals surface area contributed by atoms with Crippen molar-refractivity contribution in [2.45, 2.75) is 39.0 Å². The summed E-state index contributed by atoms with van der Waals surface area (Å²) >= 11 is 0. The summed E-state index contributed by atoms with van der Waals surface area (Å²) in [6.07, 6.45) is 3.08. The summed E-state index contributed by atoms with van der Waals surface area (Å²) in [5, 5.41) is 21.3. The second-order valence-corrected chi connectivity index (χ2v) is 8.98. The topological polar surface area (TPSA) is 147 Å². The number of rotatable bonds is 11. The molecular weight excluding hydrogens is 514 g/mol. The molecule has 3 aromatic carbocycles. The molecule has 1 aliphatic rings. The van der Waals surface area contributed by atoms with Gasteiger partial charge in [0.2, 0.25) is 5.88 Å². The van der Waals surface area contributed by atoms with Crippen molar-refractivity contribution in [1.82, 2.24) is 0 Å². The molecule has 1 unspecified atom stereocenters. The minimum absolute atomic E-state index is 0.0833. The Morgan fingerprint density at radius 1 is 1.07 bits per heavy atom. The Hall–Kier alpha value is -5.04. The summed E-state index contributed by atoms with van der Waals surface area (Å²) in [5.41, 5.74) is 7.17. The van der Waals surface area contributed by atoms with Gasteiger partial charge >= 0.3 is 5.97 Å². The van der Waals surface area contributed by atoms with Crippen molar-refractivity contribution < 1.29 is 28.7 Å². The van der Waals surface area contributed by atoms with Crippen LogP contribution in [0.15, 0.2) is 72.1 Å². The third-order valence-electron chi connectivity index (χ3n) is 6.33. The van der Waals surface area contributed by atoms with Crippen LogP contribution in [0.25, 0.3) is 0 Å². The Morgan fingerprint density at radius 3 is 2.60 bits per heavy atom. The molecule has 206 valence electrons. The van der Waals surface area contributed by atoms with E-state index >= 15 is 0 Å². The summed E-state index contributed by atoms with van der Waals surface area (Å²) in [5.74, 6) is -0.0113. The maximum Gasteiger partial charge on any atom is 0.350 e. The average molecular weight is 544 g/mol. The maximum absolute atomic E-state index is 12.7. The Bertz CT molecular complexity index is 1490. The number of hydrogen-bond donors (Lipinski definition) is 1. The van der Waals surface area contributed by atoms with Crippen LogP contribution in [0.2, 0.25) is 0 Å². The number of benzene rings is 3. The highest BCUT2D eigenvalue weighted by molar-refractivity contribution is 5.95. The van der Waals surface area contributed by atoms with E-state index in [1.807, 2.05) is 25.1 Å². The predicted molar refractivity (Wildman–Crippen MR) is 146 cm³/mol. The molecule has 10 nitrogen and oxygen atoms in total. The summed E-state index contributed by atoms with van der Waals surface area (Å²) in [6.45, 7) is 5.00. The van der Waals surface area contributed by atoms with Crippen molar-refractivity contribution in [3.05, 3.63) is 98.9 Å². The van der Waals surface area contributed by atoms with Gasteiger partial charge < -0.3 is 24.7 Å². The van der Waals surface area contributed by atoms with Gasteiger partial charge in [0.1, 0.15) is 28.7 Å². The third kappa shape index (κ3) is 5.99. The summed E-state index contributed by atoms with van der Waals surface area (Å²) in [4.78, 5) is 23.4. The number of nitrogens with two attached hydrogens (primary N) is 1. The first-order chi connectivity index (χ1) is 19.4. The molecule has 0 bridgehead atoms. The number of nitriles is 1. The molecule has 0 spiro atoms. The molecule has 0 aliphatic carbocycles. The number of fused-ring (bicyclic) bond motifs is 1. The molecule has 0 radical (unpaired) electrons. The fraction of sp³-hybridized carbons (Fsp3) is 0.267. The SMILES string of the molecule is CCCCCOc1ccc(C2C(C#N)=C(N)Oc3cc(OC(=O)c4ccccc4[N+](=O)[O-])ccc32)cc1OCC. The monoisotopic (exact) mass is 543 g/mol. The minimum atomic E-state index is -0.892. The summed E-state index contributed by atoms with van der Waals surface area (Å²) in [7, 11) is 0. The van der Waals surface area contributed by atoms with Crippen LogP contribution in [0.3, 0.4) is 0 Å². The van der Waals surface area contributed by atoms with Crippen molar-refractivity contribution >= 4 is 11.7 Å². The van der Waals surface area contributed by atoms with E-state index in [9.17, 15) is 20.2 Å². The number of unbranched alkanes of at least 4 members (excludes halogenated alkanes) is 2. The first kappa shape index (κ1) is 28.0. The maximum atomic E-state index is 12.7. The van der Waals surface area contributed by atoms with Gasteiger partial charge in [-0.1, -0.05) is 44.0 Å². The second-order valence-electron chi connectivity index (χ2n) is 8.98. The van der Waals surface area contributed by atoms with Crippen LogP contribution in [0.5, 0.6) is 23.0 Å². The molecule has 2 N–H and O–H groups in total. The molecule has 3 aromatic rings. The zero-order chi connectivity index (χ0) is 28.6. The number of nitrogens with zero attached hydrogens (tertiary/aromatic N) is 2. The molecule has 10 heteroatoms. The molecule has 0 aromatic heterocycles. The molecule has 0 amide bonds. The Kier molecular flexibility index (Phi) is 8.86. The van der Waals surface area contributed by atoms with Gasteiger partial charge in [-0.2, -0.15) is 5.26 Å². The van der Waals surface area contributed by atoms with Gasteiger partial charge in [0, 0.05) is 17.7 Å². The lowest BCUT2D eigenvalue weighted by molar-refractivity contribution is -0.385. The van der Waals surface area contributed by atoms with E-state index in [2.05, 4.69) is 13.0 Å². The van der Waals surface area contributed by atoms with Crippen LogP contribution in [0.1, 0.15) is 60.5 Å². The van der Waals surface area contributed by atoms with Crippen molar-refractivity contribution in [3.63, 3.8) is 0 Å². The number of carbonyl (C=O) groups excluding carboxylic acids is 1. The molecule has 1 atom stereocenters. The Labute approximate surface area is 231 Å². The van der Waals surface area contributed by atoms with Crippen LogP contribution in [0.4, 0.5) is 5.69 Å². The van der Waals surface area contributed by atoms with Gasteiger partial charge in [0.15, 0.2) is 11.5 Å². The van der Waals surface area contributed by atoms with Crippen molar-refractivity contribution in [3.8, 4) is 29.1 Å². The molecule has 1 heterocycles. The van der Waals surface area contributed by atoms with Gasteiger partial charge in [0.25, 0.3) is 5.69 Å². The summed E-state index contributed by atoms with van der Waals surface area (Å²) in [6, 6.07) is 17.8. The third-order valence-corrected chi connectivity index (χ3v) is 6.33. The lowest BCUT2D eigenvalue weighted by Gasteiger charge is -2.27. The standard InChI is InChI=1S/C30H29N3O7/c1-3-5-8-15-38-25-14-11-19(16-27(25)37-4-2)28-22-13-12-20(17-26(22)40-29(32)23(28)18-31)39-30(34)21-9-6-7-10-24(21)33(35)36/h6-7,9-14,16-17,28H,3-5,8,15,32H2,1-2H3. The van der Waals surface area contributed by atoms with E-state index in [-0.39, 0.29) is 34.2 Å². The first-order valence-corrected chi connectivity index (χ1v) is 12.9. The van der Waals surface area contributed by atoms with E-state index in [4.69, 9.17) is 24.7 Å². The van der Waals surface area contributed by atoms with Crippen molar-refractivity contribution in [1.29, 1.82) is 5.26 Å². The van der Waals surface area contributed by atoms with Crippen LogP contribution in [0, 0.1) is 21.4 Å². The zero-order valence-corrected chi connectivity index (χ0v) is 22.2. The second kappa shape index (κ2) is 12.7. The number of nitro benzene ring substituents is 1. The Balaban J connectivity index is 1.66. The van der Waals surface area contributed by atoms with E-state index < -0.39 is 16.8 Å². The van der Waals surface area contributed by atoms with Crippen LogP contribution in [-0.2, 0) is 0 Å². The van der Waals surface area contributed by atoms with E-state index in [0.29, 0.717) is 30.3 Å². The van der Waals surface area contributed by atoms with Crippen LogP contribution >= 0.6 is 0 Å². The van der Waals surface area contributed by atoms with Crippen LogP contribution in [-0.4, -0.2) is 24.1 Å². The van der Waals surface area contributed by atoms with E-state index in [0.717, 1.165) is 24.8 Å². The van der Waals surface area contributed by atoms with Gasteiger partial charge in [-0.3, -0.25) is 10.1 Å². The number of esters is 1. The van der Waals surface area contributed by atoms with Gasteiger partial charge in [-0.05, 0) is 43.2 Å². The average Bonchev–Trinajstić information content (AvgIpc) is 2.95. The highest BCUT2D eigenvalue weighted by atomic mass is 16.6. The molecular formula is C30H29N3O7. The molecule has 0 fully saturated rings. The lowest BCUT2D eigenvalue weighted by Crippen LogP contribution is -2.21. The number of nitro groups is 1. The molecule has 40 heavy (non-hydrogen) atoms. The Morgan fingerprint density at radius 2 is 1.88 bits per heavy atom. The molecule has 1 aliphatic heterocycles. The zero-order valence-electron chi connectivity index (χ0n) is 22.2. The minimum Gasteiger partial charge on any atom is -0.490 e. The van der Waals surface area contributed by atoms with E-state index in [1.165, 1.54) is 36.4 Å². The smallest absolute Gasteiger partial charge is 0.350 e. The number of hydrogen-bond acceptors (Lipinski definition) is 9. The highest BCUT2D eigenvalue weighted by Crippen LogP contribution is 2.45. The largest absolute Gasteiger partial charge is 0.490 e. The molecule has 0 saturated heterocycles. The fourth-order valence-corrected chi connectivity index (χ4v) is 4.44. The highest BCUT2D eigenvalue weighted by Gasteiger charge is 2.32. The van der Waals surface area contributed by atoms with Gasteiger partial charge in [-0.15, -0.1) is 0 Å². The lowest BCUT2D eigenvalue weighted by atomic mass is 9.83. The number of ether oxygens (including phenoxy) is 4. The number of para-hydroxylation sites is 1. The quantitative estimate of drug-likeness (QED) is 0.101. The van der Waals surface area contributed by atoms with E-state index in [1.54, 1.807) is 6.07 Å². The predicted octanol–water partition coefficient (Wildman–Crippen LogP) is 6.00. The van der Waals surface area contributed by atoms with Crippen LogP contribution < -0.4 is 24.7 Å². The van der Waals surface area contributed by atoms with Gasteiger partial charge in [0.05, 0.1) is 24.1 Å². The number of carbonyl (C=O) groups is 1. The normalized spacial score (nSPS) is 14.0. The van der Waals surface area contributed by atoms with Crippen molar-refractivity contribution in [2.75, 3.05) is 13.2 Å². The molecule has 0 saturated carbocycles. The fourth-order valence-electron chi connectivity index (χ4n) is 4.44. The van der Waals surface area contributed by atoms with Gasteiger partial charge in [-0.25, -0.2) is 4.79 Å². The van der Waals surface area contributed by atoms with Crippen molar-refractivity contribution in [2.24, 2.45) is 5.73 Å². The number of allylic oxidation sites excluding steroid dienone is 1. The first-order valence-electron chi connectivity index (χ1n) is 12.9. The summed E-state index contributed by atoms with van der Waals surface area (Å²) < 4.78 is 23.0.